The van der Waals surface area contributed by atoms with Gasteiger partial charge in [0, 0.05) is 4.47 Å². The van der Waals surface area contributed by atoms with E-state index in [1.54, 1.807) is 18.4 Å². The van der Waals surface area contributed by atoms with E-state index in [-0.39, 0.29) is 12.2 Å². The van der Waals surface area contributed by atoms with Crippen LogP contribution in [0.1, 0.15) is 43.5 Å². The molecule has 1 aromatic heterocycles. The molecular formula is C36H30BrIN2O5S. The third-order valence-electron chi connectivity index (χ3n) is 7.56. The second kappa shape index (κ2) is 13.9. The summed E-state index contributed by atoms with van der Waals surface area (Å²) in [6.45, 7) is 6.55. The van der Waals surface area contributed by atoms with Gasteiger partial charge in [0.1, 0.15) is 6.61 Å². The summed E-state index contributed by atoms with van der Waals surface area (Å²) < 4.78 is 21.7. The number of nitrogens with zero attached hydrogens (tertiary/aromatic N) is 2. The van der Waals surface area contributed by atoms with Crippen LogP contribution in [0.5, 0.6) is 11.5 Å². The molecule has 1 aliphatic rings. The standard InChI is InChI=1S/C36H30BrIN2O5S/c1-4-43-29-18-23(17-28(38)33(29)45-20-22-13-15-25(37)16-14-22)19-30-34(41)40-32(27-12-8-10-24-9-6-7-11-26(24)27)31(35(42)44-5-2)21(3)39-36(40)46-30/h6-19,32H,4-5,20H2,1-3H3/b30-19+/t32-/m0/s1. The van der Waals surface area contributed by atoms with Crippen molar-refractivity contribution in [1.82, 2.24) is 4.57 Å². The number of ether oxygens (including phenoxy) is 3. The van der Waals surface area contributed by atoms with E-state index in [0.717, 1.165) is 35.5 Å². The Bertz CT molecular complexity index is 2170. The lowest BCUT2D eigenvalue weighted by atomic mass is 9.91. The van der Waals surface area contributed by atoms with Crippen molar-refractivity contribution < 1.29 is 19.0 Å². The summed E-state index contributed by atoms with van der Waals surface area (Å²) in [5.41, 5.74) is 3.31. The Morgan fingerprint density at radius 1 is 1.02 bits per heavy atom. The summed E-state index contributed by atoms with van der Waals surface area (Å²) in [5.74, 6) is 0.764. The molecule has 5 aromatic rings. The zero-order valence-electron chi connectivity index (χ0n) is 25.4. The van der Waals surface area contributed by atoms with Crippen LogP contribution in [0.3, 0.4) is 0 Å². The fraction of sp³-hybridized carbons (Fsp3) is 0.194. The Hall–Kier alpha value is -3.74. The molecule has 1 atom stereocenters. The van der Waals surface area contributed by atoms with Gasteiger partial charge in [-0.25, -0.2) is 9.79 Å². The number of thiazole rings is 1. The predicted molar refractivity (Wildman–Crippen MR) is 193 cm³/mol. The second-order valence-electron chi connectivity index (χ2n) is 10.5. The van der Waals surface area contributed by atoms with Crippen LogP contribution < -0.4 is 24.4 Å². The molecule has 0 bridgehead atoms. The summed E-state index contributed by atoms with van der Waals surface area (Å²) >= 11 is 7.00. The van der Waals surface area contributed by atoms with Crippen molar-refractivity contribution in [3.8, 4) is 11.5 Å². The molecule has 0 spiro atoms. The SMILES string of the molecule is CCOC(=O)C1=C(C)N=c2s/c(=C/c3cc(I)c(OCc4ccc(Br)cc4)c(OCC)c3)c(=O)n2[C@H]1c1cccc2ccccc12. The summed E-state index contributed by atoms with van der Waals surface area (Å²) in [6.07, 6.45) is 1.84. The third-order valence-corrected chi connectivity index (χ3v) is 9.87. The molecule has 0 saturated heterocycles. The lowest BCUT2D eigenvalue weighted by Gasteiger charge is -2.25. The van der Waals surface area contributed by atoms with Gasteiger partial charge in [0.2, 0.25) is 0 Å². The Kier molecular flexibility index (Phi) is 9.76. The number of allylic oxidation sites excluding steroid dienone is 1. The van der Waals surface area contributed by atoms with E-state index in [0.29, 0.717) is 45.3 Å². The van der Waals surface area contributed by atoms with Gasteiger partial charge in [-0.3, -0.25) is 9.36 Å². The van der Waals surface area contributed by atoms with Crippen molar-refractivity contribution in [2.24, 2.45) is 4.99 Å². The molecule has 0 amide bonds. The second-order valence-corrected chi connectivity index (χ2v) is 13.6. The van der Waals surface area contributed by atoms with Crippen LogP contribution >= 0.6 is 49.9 Å². The van der Waals surface area contributed by atoms with E-state index in [2.05, 4.69) is 38.5 Å². The van der Waals surface area contributed by atoms with Gasteiger partial charge in [0.25, 0.3) is 5.56 Å². The van der Waals surface area contributed by atoms with E-state index in [1.807, 2.05) is 91.9 Å². The van der Waals surface area contributed by atoms with Gasteiger partial charge in [-0.05, 0) is 101 Å². The first-order valence-electron chi connectivity index (χ1n) is 14.8. The first-order chi connectivity index (χ1) is 22.3. The zero-order valence-corrected chi connectivity index (χ0v) is 29.9. The van der Waals surface area contributed by atoms with E-state index in [9.17, 15) is 9.59 Å². The van der Waals surface area contributed by atoms with Crippen molar-refractivity contribution in [2.45, 2.75) is 33.4 Å². The van der Waals surface area contributed by atoms with Crippen molar-refractivity contribution in [2.75, 3.05) is 13.2 Å². The molecule has 0 unspecified atom stereocenters. The molecule has 4 aromatic carbocycles. The molecule has 0 fully saturated rings. The van der Waals surface area contributed by atoms with Crippen LogP contribution in [-0.4, -0.2) is 23.8 Å². The van der Waals surface area contributed by atoms with Crippen LogP contribution in [0.15, 0.2) is 104 Å². The molecule has 46 heavy (non-hydrogen) atoms. The van der Waals surface area contributed by atoms with Gasteiger partial charge in [-0.15, -0.1) is 0 Å². The molecule has 0 radical (unpaired) electrons. The highest BCUT2D eigenvalue weighted by atomic mass is 127. The molecule has 0 aliphatic carbocycles. The van der Waals surface area contributed by atoms with Crippen LogP contribution in [0.2, 0.25) is 0 Å². The average molecular weight is 810 g/mol. The normalized spacial score (nSPS) is 14.6. The predicted octanol–water partition coefficient (Wildman–Crippen LogP) is 7.30. The molecule has 1 aliphatic heterocycles. The monoisotopic (exact) mass is 808 g/mol. The topological polar surface area (TPSA) is 79.1 Å². The van der Waals surface area contributed by atoms with Crippen molar-refractivity contribution >= 4 is 72.7 Å². The molecule has 6 rings (SSSR count). The number of carbonyl (C=O) groups excluding carboxylic acids is 1. The fourth-order valence-electron chi connectivity index (χ4n) is 5.54. The van der Waals surface area contributed by atoms with Gasteiger partial charge < -0.3 is 14.2 Å². The van der Waals surface area contributed by atoms with E-state index in [4.69, 9.17) is 19.2 Å². The first-order valence-corrected chi connectivity index (χ1v) is 17.5. The molecule has 234 valence electrons. The molecular weight excluding hydrogens is 779 g/mol. The lowest BCUT2D eigenvalue weighted by Crippen LogP contribution is -2.40. The maximum atomic E-state index is 14.3. The molecule has 0 saturated carbocycles. The molecule has 7 nitrogen and oxygen atoms in total. The first kappa shape index (κ1) is 32.2. The number of halogens is 2. The van der Waals surface area contributed by atoms with Gasteiger partial charge in [0.15, 0.2) is 16.3 Å². The Morgan fingerprint density at radius 2 is 1.78 bits per heavy atom. The molecule has 0 N–H and O–H groups in total. The summed E-state index contributed by atoms with van der Waals surface area (Å²) in [4.78, 5) is 32.9. The Morgan fingerprint density at radius 3 is 2.54 bits per heavy atom. The van der Waals surface area contributed by atoms with Crippen LogP contribution in [0, 0.1) is 3.57 Å². The van der Waals surface area contributed by atoms with Crippen molar-refractivity contribution in [3.05, 3.63) is 135 Å². The number of hydrogen-bond acceptors (Lipinski definition) is 7. The highest BCUT2D eigenvalue weighted by Crippen LogP contribution is 2.36. The maximum absolute atomic E-state index is 14.3. The van der Waals surface area contributed by atoms with E-state index < -0.39 is 12.0 Å². The minimum absolute atomic E-state index is 0.214. The van der Waals surface area contributed by atoms with Crippen LogP contribution in [0.4, 0.5) is 0 Å². The van der Waals surface area contributed by atoms with Gasteiger partial charge in [0.05, 0.1) is 38.6 Å². The summed E-state index contributed by atoms with van der Waals surface area (Å²) in [5, 5.41) is 1.97. The zero-order chi connectivity index (χ0) is 32.4. The minimum atomic E-state index is -0.697. The number of fused-ring (bicyclic) bond motifs is 2. The smallest absolute Gasteiger partial charge is 0.338 e. The summed E-state index contributed by atoms with van der Waals surface area (Å²) in [6, 6.07) is 25.0. The Labute approximate surface area is 292 Å². The van der Waals surface area contributed by atoms with Crippen molar-refractivity contribution in [3.63, 3.8) is 0 Å². The summed E-state index contributed by atoms with van der Waals surface area (Å²) in [7, 11) is 0. The van der Waals surface area contributed by atoms with Gasteiger partial charge in [-0.2, -0.15) is 0 Å². The third kappa shape index (κ3) is 6.43. The maximum Gasteiger partial charge on any atom is 0.338 e. The van der Waals surface area contributed by atoms with E-state index >= 15 is 0 Å². The number of rotatable bonds is 9. The van der Waals surface area contributed by atoms with Gasteiger partial charge in [-0.1, -0.05) is 81.9 Å². The molecule has 10 heteroatoms. The van der Waals surface area contributed by atoms with Crippen LogP contribution in [-0.2, 0) is 16.1 Å². The quantitative estimate of drug-likeness (QED) is 0.116. The lowest BCUT2D eigenvalue weighted by molar-refractivity contribution is -0.139. The fourth-order valence-corrected chi connectivity index (χ4v) is 7.63. The minimum Gasteiger partial charge on any atom is -0.490 e. The highest BCUT2D eigenvalue weighted by Gasteiger charge is 2.34. The highest BCUT2D eigenvalue weighted by molar-refractivity contribution is 14.1. The van der Waals surface area contributed by atoms with Crippen LogP contribution in [0.25, 0.3) is 16.8 Å². The number of carbonyl (C=O) groups is 1. The largest absolute Gasteiger partial charge is 0.490 e. The van der Waals surface area contributed by atoms with E-state index in [1.165, 1.54) is 11.3 Å². The molecule has 2 heterocycles. The Balaban J connectivity index is 1.46. The number of aromatic nitrogens is 1. The van der Waals surface area contributed by atoms with Gasteiger partial charge >= 0.3 is 5.97 Å². The van der Waals surface area contributed by atoms with Crippen molar-refractivity contribution in [1.29, 1.82) is 0 Å². The number of esters is 1. The average Bonchev–Trinajstić information content (AvgIpc) is 3.34. The number of benzene rings is 4. The number of hydrogen-bond donors (Lipinski definition) is 0.